The lowest BCUT2D eigenvalue weighted by Gasteiger charge is -2.26. The van der Waals surface area contributed by atoms with Crippen molar-refractivity contribution >= 4 is 133 Å². The summed E-state index contributed by atoms with van der Waals surface area (Å²) in [5, 5.41) is 23.9. The molecule has 2 N–H and O–H groups in total. The van der Waals surface area contributed by atoms with Gasteiger partial charge >= 0.3 is 0 Å². The van der Waals surface area contributed by atoms with Crippen molar-refractivity contribution in [3.05, 3.63) is 78.6 Å². The van der Waals surface area contributed by atoms with Crippen LogP contribution in [0.5, 0.6) is 11.5 Å². The molecule has 0 saturated heterocycles. The van der Waals surface area contributed by atoms with Gasteiger partial charge in [0.1, 0.15) is 50.7 Å². The molecule has 0 fully saturated rings. The SMILES string of the molecule is [B]c1c([B])c(O)c2c([B])c(O)c(-c3c4ccccc4c(-n4c(C([B])([B])[B])nc5ccccc54)c4ccccc34)c([B])c2c1[B]. The van der Waals surface area contributed by atoms with Crippen molar-refractivity contribution in [2.75, 3.05) is 0 Å². The Morgan fingerprint density at radius 3 is 1.68 bits per heavy atom. The van der Waals surface area contributed by atoms with Crippen molar-refractivity contribution in [3.8, 4) is 28.3 Å². The molecule has 1 aromatic heterocycles. The van der Waals surface area contributed by atoms with Gasteiger partial charge in [-0.1, -0.05) is 82.2 Å². The van der Waals surface area contributed by atoms with Gasteiger partial charge in [0, 0.05) is 27.3 Å². The van der Waals surface area contributed by atoms with E-state index in [0.29, 0.717) is 21.9 Å². The van der Waals surface area contributed by atoms with Gasteiger partial charge in [-0.3, -0.25) is 4.57 Å². The van der Waals surface area contributed by atoms with Crippen LogP contribution in [-0.2, 0) is 5.11 Å². The van der Waals surface area contributed by atoms with Crippen molar-refractivity contribution in [3.63, 3.8) is 0 Å². The summed E-state index contributed by atoms with van der Waals surface area (Å²) in [5.41, 5.74) is 2.64. The summed E-state index contributed by atoms with van der Waals surface area (Å²) < 4.78 is 1.86. The van der Waals surface area contributed by atoms with Crippen LogP contribution in [0.3, 0.4) is 0 Å². The van der Waals surface area contributed by atoms with E-state index in [1.807, 2.05) is 77.4 Å². The molecule has 0 aliphatic rings. The maximum Gasteiger partial charge on any atom is 0.120 e. The van der Waals surface area contributed by atoms with Crippen LogP contribution >= 0.6 is 0 Å². The first-order chi connectivity index (χ1) is 20.9. The average Bonchev–Trinajstić information content (AvgIpc) is 3.40. The van der Waals surface area contributed by atoms with Gasteiger partial charge in [-0.2, -0.15) is 0 Å². The fourth-order valence-corrected chi connectivity index (χ4v) is 6.25. The van der Waals surface area contributed by atoms with Gasteiger partial charge in [0.15, 0.2) is 0 Å². The Morgan fingerprint density at radius 2 is 1.09 bits per heavy atom. The number of aromatic hydroxyl groups is 2. The van der Waals surface area contributed by atoms with Gasteiger partial charge in [0.2, 0.25) is 0 Å². The minimum atomic E-state index is -1.78. The molecule has 4 nitrogen and oxygen atoms in total. The predicted octanol–water partition coefficient (Wildman–Crippen LogP) is 0.148. The molecule has 188 valence electrons. The second kappa shape index (κ2) is 9.85. The maximum absolute atomic E-state index is 11.7. The summed E-state index contributed by atoms with van der Waals surface area (Å²) in [5.74, 6) is -0.526. The molecule has 0 unspecified atom stereocenters. The highest BCUT2D eigenvalue weighted by molar-refractivity contribution is 6.65. The topological polar surface area (TPSA) is 58.3 Å². The monoisotopic (exact) mass is 546 g/mol. The Hall–Kier alpha value is -4.31. The van der Waals surface area contributed by atoms with Crippen molar-refractivity contribution in [1.82, 2.24) is 9.55 Å². The molecular formula is C32H14B8N2O2. The summed E-state index contributed by atoms with van der Waals surface area (Å²) in [6, 6.07) is 22.7. The summed E-state index contributed by atoms with van der Waals surface area (Å²) in [6.45, 7) is 0. The number of benzene rings is 6. The number of imidazole rings is 1. The summed E-state index contributed by atoms with van der Waals surface area (Å²) in [7, 11) is 50.7. The van der Waals surface area contributed by atoms with E-state index >= 15 is 0 Å². The Kier molecular flexibility index (Phi) is 6.37. The zero-order valence-electron chi connectivity index (χ0n) is 23.3. The zero-order chi connectivity index (χ0) is 31.2. The number of para-hydroxylation sites is 2. The van der Waals surface area contributed by atoms with E-state index in [1.54, 1.807) is 0 Å². The van der Waals surface area contributed by atoms with Crippen LogP contribution < -0.4 is 27.3 Å². The third kappa shape index (κ3) is 3.86. The van der Waals surface area contributed by atoms with E-state index in [2.05, 4.69) is 0 Å². The van der Waals surface area contributed by atoms with Gasteiger partial charge in [0.25, 0.3) is 0 Å². The molecule has 44 heavy (non-hydrogen) atoms. The van der Waals surface area contributed by atoms with Crippen LogP contribution in [0.1, 0.15) is 5.82 Å². The predicted molar refractivity (Wildman–Crippen MR) is 188 cm³/mol. The Morgan fingerprint density at radius 1 is 0.545 bits per heavy atom. The van der Waals surface area contributed by atoms with Crippen LogP contribution in [0.15, 0.2) is 72.8 Å². The van der Waals surface area contributed by atoms with Crippen molar-refractivity contribution in [1.29, 1.82) is 0 Å². The molecule has 7 aromatic rings. The zero-order valence-corrected chi connectivity index (χ0v) is 23.3. The highest BCUT2D eigenvalue weighted by Crippen LogP contribution is 2.44. The van der Waals surface area contributed by atoms with Crippen molar-refractivity contribution in [2.45, 2.75) is 5.11 Å². The van der Waals surface area contributed by atoms with E-state index in [4.69, 9.17) is 67.8 Å². The highest BCUT2D eigenvalue weighted by atomic mass is 16.3. The van der Waals surface area contributed by atoms with Gasteiger partial charge in [0.05, 0.1) is 46.1 Å². The fourth-order valence-electron chi connectivity index (χ4n) is 6.25. The standard InChI is InChI=1S/C32H14B8N2O2/c33-23-20-22(30(44)27(37)26(36)24(20)34)25(35)29(43)21(23)19-13-7-1-3-9-15(13)28(16-10-4-2-8-14(16)19)42-18-12-6-5-11-17(18)41-31(42)32(38,39)40/h1-12,43-44H. The summed E-state index contributed by atoms with van der Waals surface area (Å²) in [6.07, 6.45) is 0. The van der Waals surface area contributed by atoms with E-state index in [0.717, 1.165) is 22.0 Å². The molecular weight excluding hydrogens is 531 g/mol. The van der Waals surface area contributed by atoms with Crippen LogP contribution in [-0.4, -0.2) is 82.5 Å². The van der Waals surface area contributed by atoms with Crippen molar-refractivity contribution < 1.29 is 10.2 Å². The van der Waals surface area contributed by atoms with Crippen LogP contribution in [0.2, 0.25) is 0 Å². The van der Waals surface area contributed by atoms with Gasteiger partial charge < -0.3 is 10.2 Å². The third-order valence-corrected chi connectivity index (χ3v) is 8.22. The normalized spacial score (nSPS) is 12.1. The first kappa shape index (κ1) is 28.5. The first-order valence-electron chi connectivity index (χ1n) is 13.6. The Balaban J connectivity index is 1.72. The van der Waals surface area contributed by atoms with E-state index < -0.39 is 10.9 Å². The maximum atomic E-state index is 11.7. The summed E-state index contributed by atoms with van der Waals surface area (Å²) >= 11 is 0. The van der Waals surface area contributed by atoms with Gasteiger partial charge in [-0.25, -0.2) is 4.98 Å². The van der Waals surface area contributed by atoms with E-state index in [1.165, 1.54) is 0 Å². The molecule has 6 aromatic carbocycles. The lowest BCUT2D eigenvalue weighted by Crippen LogP contribution is -2.42. The van der Waals surface area contributed by atoms with Crippen LogP contribution in [0.25, 0.3) is 60.2 Å². The number of rotatable bonds is 3. The molecule has 0 saturated carbocycles. The molecule has 0 bridgehead atoms. The molecule has 0 aliphatic carbocycles. The van der Waals surface area contributed by atoms with Crippen LogP contribution in [0, 0.1) is 0 Å². The molecule has 0 atom stereocenters. The summed E-state index contributed by atoms with van der Waals surface area (Å²) in [4.78, 5) is 4.71. The lowest BCUT2D eigenvalue weighted by atomic mass is 9.42. The van der Waals surface area contributed by atoms with E-state index in [-0.39, 0.29) is 55.2 Å². The Labute approximate surface area is 264 Å². The largest absolute Gasteiger partial charge is 0.508 e. The molecule has 0 aliphatic heterocycles. The van der Waals surface area contributed by atoms with E-state index in [9.17, 15) is 10.2 Å². The number of hydrogen-bond donors (Lipinski definition) is 2. The second-order valence-corrected chi connectivity index (χ2v) is 10.9. The fraction of sp³-hybridized carbons (Fsp3) is 0.0312. The minimum Gasteiger partial charge on any atom is -0.508 e. The molecule has 1 heterocycles. The lowest BCUT2D eigenvalue weighted by molar-refractivity contribution is 0.479. The number of hydrogen-bond acceptors (Lipinski definition) is 3. The number of fused-ring (bicyclic) bond motifs is 4. The number of phenols is 2. The number of nitrogens with zero attached hydrogens (tertiary/aromatic N) is 2. The molecule has 0 amide bonds. The molecule has 12 heteroatoms. The molecule has 16 radical (unpaired) electrons. The molecule has 7 rings (SSSR count). The van der Waals surface area contributed by atoms with Crippen LogP contribution in [0.4, 0.5) is 0 Å². The smallest absolute Gasteiger partial charge is 0.120 e. The van der Waals surface area contributed by atoms with Crippen molar-refractivity contribution in [2.24, 2.45) is 0 Å². The van der Waals surface area contributed by atoms with Gasteiger partial charge in [-0.15, -0.1) is 5.46 Å². The quantitative estimate of drug-likeness (QED) is 0.246. The number of aromatic nitrogens is 2. The molecule has 0 spiro atoms. The first-order valence-corrected chi connectivity index (χ1v) is 13.6. The minimum absolute atomic E-state index is 0.0119. The third-order valence-electron chi connectivity index (χ3n) is 8.22. The highest BCUT2D eigenvalue weighted by Gasteiger charge is 2.28. The van der Waals surface area contributed by atoms with Gasteiger partial charge in [-0.05, 0) is 33.8 Å². The average molecular weight is 545 g/mol. The second-order valence-electron chi connectivity index (χ2n) is 10.9. The number of phenolic OH excluding ortho intramolecular Hbond substituents is 2. The Bertz CT molecular complexity index is 2310.